The van der Waals surface area contributed by atoms with Gasteiger partial charge >= 0.3 is 5.97 Å². The molecular weight excluding hydrogens is 246 g/mol. The smallest absolute Gasteiger partial charge is 0.341 e. The first-order valence-electron chi connectivity index (χ1n) is 5.99. The third-order valence-corrected chi connectivity index (χ3v) is 2.42. The summed E-state index contributed by atoms with van der Waals surface area (Å²) < 4.78 is 9.94. The fourth-order valence-electron chi connectivity index (χ4n) is 1.60. The van der Waals surface area contributed by atoms with E-state index >= 15 is 0 Å². The van der Waals surface area contributed by atoms with Crippen LogP contribution in [0.15, 0.2) is 28.9 Å². The van der Waals surface area contributed by atoms with Crippen LogP contribution in [0, 0.1) is 6.92 Å². The molecule has 0 aromatic carbocycles. The quantitative estimate of drug-likeness (QED) is 0.831. The first-order valence-corrected chi connectivity index (χ1v) is 5.99. The van der Waals surface area contributed by atoms with Gasteiger partial charge in [0.1, 0.15) is 22.8 Å². The lowest BCUT2D eigenvalue weighted by Gasteiger charge is -2.08. The van der Waals surface area contributed by atoms with Gasteiger partial charge in [0.25, 0.3) is 0 Å². The van der Waals surface area contributed by atoms with Crippen molar-refractivity contribution in [2.75, 3.05) is 11.9 Å². The summed E-state index contributed by atoms with van der Waals surface area (Å²) in [6.45, 7) is 4.34. The summed E-state index contributed by atoms with van der Waals surface area (Å²) in [4.78, 5) is 15.9. The fraction of sp³-hybridized carbons (Fsp3) is 0.308. The van der Waals surface area contributed by atoms with E-state index in [0.29, 0.717) is 24.5 Å². The van der Waals surface area contributed by atoms with E-state index in [1.807, 2.05) is 13.0 Å². The number of hydrogen-bond acceptors (Lipinski definition) is 6. The Morgan fingerprint density at radius 2 is 2.37 bits per heavy atom. The van der Waals surface area contributed by atoms with Crippen molar-refractivity contribution in [3.05, 3.63) is 41.4 Å². The largest absolute Gasteiger partial charge is 0.462 e. The van der Waals surface area contributed by atoms with Gasteiger partial charge in [0.15, 0.2) is 0 Å². The van der Waals surface area contributed by atoms with Crippen molar-refractivity contribution < 1.29 is 14.1 Å². The Morgan fingerprint density at radius 1 is 1.53 bits per heavy atom. The summed E-state index contributed by atoms with van der Waals surface area (Å²) in [5.41, 5.74) is 1.16. The molecule has 0 aliphatic heterocycles. The minimum absolute atomic E-state index is 0.329. The van der Waals surface area contributed by atoms with E-state index in [2.05, 4.69) is 15.5 Å². The van der Waals surface area contributed by atoms with Gasteiger partial charge in [-0.05, 0) is 26.0 Å². The number of pyridine rings is 1. The van der Waals surface area contributed by atoms with Gasteiger partial charge in [0, 0.05) is 12.3 Å². The number of nitrogens with zero attached hydrogens (tertiary/aromatic N) is 2. The van der Waals surface area contributed by atoms with Crippen LogP contribution in [0.1, 0.15) is 28.7 Å². The number of aromatic nitrogens is 2. The van der Waals surface area contributed by atoms with Gasteiger partial charge in [-0.2, -0.15) is 0 Å². The van der Waals surface area contributed by atoms with Crippen LogP contribution in [0.4, 0.5) is 5.82 Å². The second-order valence-corrected chi connectivity index (χ2v) is 3.90. The molecule has 0 saturated heterocycles. The van der Waals surface area contributed by atoms with Crippen molar-refractivity contribution in [2.45, 2.75) is 20.4 Å². The van der Waals surface area contributed by atoms with Gasteiger partial charge in [-0.3, -0.25) is 0 Å². The van der Waals surface area contributed by atoms with Crippen LogP contribution in [-0.4, -0.2) is 22.7 Å². The number of hydrogen-bond donors (Lipinski definition) is 1. The Balaban J connectivity index is 2.09. The normalized spacial score (nSPS) is 10.2. The standard InChI is InChI=1S/C13H15N3O3/c1-3-18-13(17)11-5-4-6-14-12(11)15-8-10-7-9(2)19-16-10/h4-7H,3,8H2,1-2H3,(H,14,15). The number of anilines is 1. The SMILES string of the molecule is CCOC(=O)c1cccnc1NCc1cc(C)on1. The van der Waals surface area contributed by atoms with Crippen LogP contribution < -0.4 is 5.32 Å². The molecule has 0 radical (unpaired) electrons. The van der Waals surface area contributed by atoms with E-state index < -0.39 is 5.97 Å². The maximum absolute atomic E-state index is 11.7. The van der Waals surface area contributed by atoms with Crippen LogP contribution >= 0.6 is 0 Å². The molecule has 0 saturated carbocycles. The van der Waals surface area contributed by atoms with Gasteiger partial charge < -0.3 is 14.6 Å². The molecule has 100 valence electrons. The molecule has 6 heteroatoms. The summed E-state index contributed by atoms with van der Waals surface area (Å²) in [5, 5.41) is 6.91. The van der Waals surface area contributed by atoms with Crippen LogP contribution in [0.25, 0.3) is 0 Å². The van der Waals surface area contributed by atoms with Crippen LogP contribution in [0.5, 0.6) is 0 Å². The Bertz CT molecular complexity index is 566. The molecule has 0 spiro atoms. The molecule has 2 heterocycles. The molecule has 0 aliphatic carbocycles. The van der Waals surface area contributed by atoms with Crippen molar-refractivity contribution in [2.24, 2.45) is 0 Å². The third-order valence-electron chi connectivity index (χ3n) is 2.42. The van der Waals surface area contributed by atoms with Crippen LogP contribution in [0.2, 0.25) is 0 Å². The van der Waals surface area contributed by atoms with Crippen molar-refractivity contribution in [3.8, 4) is 0 Å². The number of ether oxygens (including phenoxy) is 1. The maximum atomic E-state index is 11.7. The van der Waals surface area contributed by atoms with E-state index in [4.69, 9.17) is 9.26 Å². The van der Waals surface area contributed by atoms with Crippen molar-refractivity contribution >= 4 is 11.8 Å². The zero-order chi connectivity index (χ0) is 13.7. The highest BCUT2D eigenvalue weighted by molar-refractivity contribution is 5.94. The summed E-state index contributed by atoms with van der Waals surface area (Å²) in [7, 11) is 0. The first kappa shape index (κ1) is 13.1. The predicted octanol–water partition coefficient (Wildman–Crippen LogP) is 2.17. The summed E-state index contributed by atoms with van der Waals surface area (Å²) in [5.74, 6) is 0.819. The number of aryl methyl sites for hydroxylation is 1. The predicted molar refractivity (Wildman–Crippen MR) is 68.8 cm³/mol. The Morgan fingerprint density at radius 3 is 3.05 bits per heavy atom. The monoisotopic (exact) mass is 261 g/mol. The van der Waals surface area contributed by atoms with Gasteiger partial charge in [-0.25, -0.2) is 9.78 Å². The third kappa shape index (κ3) is 3.31. The van der Waals surface area contributed by atoms with Crippen molar-refractivity contribution in [1.29, 1.82) is 0 Å². The summed E-state index contributed by atoms with van der Waals surface area (Å²) in [6.07, 6.45) is 1.61. The van der Waals surface area contributed by atoms with E-state index in [1.54, 1.807) is 25.3 Å². The molecule has 0 bridgehead atoms. The average molecular weight is 261 g/mol. The second-order valence-electron chi connectivity index (χ2n) is 3.90. The minimum Gasteiger partial charge on any atom is -0.462 e. The number of nitrogens with one attached hydrogen (secondary N) is 1. The van der Waals surface area contributed by atoms with Crippen LogP contribution in [0.3, 0.4) is 0 Å². The van der Waals surface area contributed by atoms with Crippen LogP contribution in [-0.2, 0) is 11.3 Å². The Kier molecular flexibility index (Phi) is 4.12. The van der Waals surface area contributed by atoms with Gasteiger partial charge in [0.2, 0.25) is 0 Å². The van der Waals surface area contributed by atoms with Gasteiger partial charge in [-0.1, -0.05) is 5.16 Å². The molecule has 0 aliphatic rings. The average Bonchev–Trinajstić information content (AvgIpc) is 2.83. The van der Waals surface area contributed by atoms with Crippen molar-refractivity contribution in [3.63, 3.8) is 0 Å². The number of rotatable bonds is 5. The maximum Gasteiger partial charge on any atom is 0.341 e. The lowest BCUT2D eigenvalue weighted by atomic mass is 10.2. The molecule has 6 nitrogen and oxygen atoms in total. The lowest BCUT2D eigenvalue weighted by Crippen LogP contribution is -2.11. The fourth-order valence-corrected chi connectivity index (χ4v) is 1.60. The van der Waals surface area contributed by atoms with Crippen molar-refractivity contribution in [1.82, 2.24) is 10.1 Å². The highest BCUT2D eigenvalue weighted by atomic mass is 16.5. The molecule has 2 aromatic rings. The van der Waals surface area contributed by atoms with E-state index in [0.717, 1.165) is 11.5 Å². The van der Waals surface area contributed by atoms with E-state index in [1.165, 1.54) is 0 Å². The first-order chi connectivity index (χ1) is 9.20. The summed E-state index contributed by atoms with van der Waals surface area (Å²) in [6, 6.07) is 5.18. The van der Waals surface area contributed by atoms with Gasteiger partial charge in [-0.15, -0.1) is 0 Å². The molecule has 0 unspecified atom stereocenters. The molecule has 2 rings (SSSR count). The Hall–Kier alpha value is -2.37. The number of carbonyl (C=O) groups excluding carboxylic acids is 1. The zero-order valence-electron chi connectivity index (χ0n) is 10.8. The molecule has 0 amide bonds. The molecule has 0 fully saturated rings. The second kappa shape index (κ2) is 5.99. The number of esters is 1. The summed E-state index contributed by atoms with van der Waals surface area (Å²) >= 11 is 0. The molecule has 19 heavy (non-hydrogen) atoms. The molecule has 2 aromatic heterocycles. The minimum atomic E-state index is -0.394. The van der Waals surface area contributed by atoms with E-state index in [9.17, 15) is 4.79 Å². The number of carbonyl (C=O) groups is 1. The molecular formula is C13H15N3O3. The Labute approximate surface area is 110 Å². The lowest BCUT2D eigenvalue weighted by molar-refractivity contribution is 0.0527. The molecule has 1 N–H and O–H groups in total. The highest BCUT2D eigenvalue weighted by Gasteiger charge is 2.13. The highest BCUT2D eigenvalue weighted by Crippen LogP contribution is 2.14. The zero-order valence-corrected chi connectivity index (χ0v) is 10.8. The van der Waals surface area contributed by atoms with E-state index in [-0.39, 0.29) is 0 Å². The molecule has 0 atom stereocenters. The topological polar surface area (TPSA) is 77.2 Å². The van der Waals surface area contributed by atoms with Gasteiger partial charge in [0.05, 0.1) is 13.2 Å².